The first-order chi connectivity index (χ1) is 12.1. The van der Waals surface area contributed by atoms with Gasteiger partial charge in [0.25, 0.3) is 0 Å². The van der Waals surface area contributed by atoms with Crippen molar-refractivity contribution in [2.45, 2.75) is 31.3 Å². The molecule has 0 spiro atoms. The Morgan fingerprint density at radius 2 is 2.24 bits per heavy atom. The molecular weight excluding hydrogens is 388 g/mol. The van der Waals surface area contributed by atoms with Gasteiger partial charge in [0.1, 0.15) is 16.5 Å². The van der Waals surface area contributed by atoms with Crippen LogP contribution in [0.1, 0.15) is 36.3 Å². The summed E-state index contributed by atoms with van der Waals surface area (Å²) in [5.41, 5.74) is 0.773. The number of imidazole rings is 1. The largest absolute Gasteiger partial charge is 0.356 e. The van der Waals surface area contributed by atoms with E-state index in [4.69, 9.17) is 4.74 Å². The first-order valence-corrected chi connectivity index (χ1v) is 8.92. The number of nitrogens with one attached hydrogen (secondary N) is 2. The molecule has 2 aromatic rings. The number of hydrogen-bond donors (Lipinski definition) is 3. The number of hydrogen-bond acceptors (Lipinski definition) is 5. The zero-order valence-corrected chi connectivity index (χ0v) is 15.4. The molecule has 1 fully saturated rings. The third kappa shape index (κ3) is 4.09. The van der Waals surface area contributed by atoms with Gasteiger partial charge in [0.05, 0.1) is 12.2 Å². The number of halogens is 1. The van der Waals surface area contributed by atoms with E-state index in [9.17, 15) is 9.90 Å². The minimum absolute atomic E-state index is 0.105. The number of rotatable bonds is 6. The fourth-order valence-electron chi connectivity index (χ4n) is 3.13. The van der Waals surface area contributed by atoms with Crippen LogP contribution < -0.4 is 5.32 Å². The van der Waals surface area contributed by atoms with E-state index in [0.29, 0.717) is 6.54 Å². The van der Waals surface area contributed by atoms with Crippen molar-refractivity contribution in [3.63, 3.8) is 0 Å². The van der Waals surface area contributed by atoms with Gasteiger partial charge in [0, 0.05) is 13.7 Å². The Labute approximate surface area is 154 Å². The van der Waals surface area contributed by atoms with Crippen molar-refractivity contribution in [3.05, 3.63) is 52.5 Å². The zero-order valence-electron chi connectivity index (χ0n) is 13.9. The highest BCUT2D eigenvalue weighted by Gasteiger charge is 2.36. The highest BCUT2D eigenvalue weighted by atomic mass is 79.9. The van der Waals surface area contributed by atoms with E-state index in [1.54, 1.807) is 11.1 Å². The number of ether oxygens (including phenoxy) is 1. The Morgan fingerprint density at radius 3 is 2.88 bits per heavy atom. The predicted molar refractivity (Wildman–Crippen MR) is 95.3 cm³/mol. The molecule has 1 aromatic carbocycles. The lowest BCUT2D eigenvalue weighted by molar-refractivity contribution is -0.143. The number of likely N-dealkylation sites (tertiary alicyclic amines) is 1. The number of nitrogens with zero attached hydrogens (tertiary/aromatic N) is 2. The number of amides is 1. The van der Waals surface area contributed by atoms with Gasteiger partial charge in [-0.15, -0.1) is 0 Å². The first-order valence-electron chi connectivity index (χ1n) is 8.13. The molecule has 1 aliphatic heterocycles. The van der Waals surface area contributed by atoms with E-state index in [-0.39, 0.29) is 11.9 Å². The zero-order chi connectivity index (χ0) is 17.8. The van der Waals surface area contributed by atoms with E-state index >= 15 is 0 Å². The van der Waals surface area contributed by atoms with Gasteiger partial charge in [-0.2, -0.15) is 0 Å². The molecule has 0 radical (unpaired) electrons. The summed E-state index contributed by atoms with van der Waals surface area (Å²) in [6.45, 7) is 0.649. The average Bonchev–Trinajstić information content (AvgIpc) is 3.28. The van der Waals surface area contributed by atoms with Crippen LogP contribution in [0.3, 0.4) is 0 Å². The van der Waals surface area contributed by atoms with Crippen LogP contribution in [-0.2, 0) is 9.53 Å². The maximum absolute atomic E-state index is 13.2. The van der Waals surface area contributed by atoms with Crippen LogP contribution in [0, 0.1) is 0 Å². The topological polar surface area (TPSA) is 90.5 Å². The summed E-state index contributed by atoms with van der Waals surface area (Å²) in [4.78, 5) is 22.5. The smallest absolute Gasteiger partial charge is 0.245 e. The summed E-state index contributed by atoms with van der Waals surface area (Å²) in [6.07, 6.45) is 2.22. The number of H-pyrrole nitrogens is 1. The summed E-state index contributed by atoms with van der Waals surface area (Å²) < 4.78 is 5.67. The minimum atomic E-state index is -1.23. The lowest BCUT2D eigenvalue weighted by Crippen LogP contribution is -2.44. The maximum atomic E-state index is 13.2. The Morgan fingerprint density at radius 1 is 1.48 bits per heavy atom. The molecule has 1 saturated heterocycles. The van der Waals surface area contributed by atoms with Crippen molar-refractivity contribution in [2.24, 2.45) is 0 Å². The number of aliphatic hydroxyl groups is 1. The number of aliphatic hydroxyl groups excluding tert-OH is 1. The lowest BCUT2D eigenvalue weighted by atomic mass is 10.0. The Bertz CT molecular complexity index is 709. The Kier molecular flexibility index (Phi) is 5.85. The number of carbonyl (C=O) groups excluding carboxylic acids is 1. The van der Waals surface area contributed by atoms with E-state index in [2.05, 4.69) is 31.2 Å². The molecule has 1 amide bonds. The number of benzene rings is 1. The van der Waals surface area contributed by atoms with Gasteiger partial charge in [0.2, 0.25) is 12.3 Å². The summed E-state index contributed by atoms with van der Waals surface area (Å²) >= 11 is 3.36. The minimum Gasteiger partial charge on any atom is -0.356 e. The quantitative estimate of drug-likeness (QED) is 0.636. The van der Waals surface area contributed by atoms with Gasteiger partial charge in [0.15, 0.2) is 0 Å². The molecular formula is C17H21BrN4O3. The van der Waals surface area contributed by atoms with E-state index < -0.39 is 12.5 Å². The van der Waals surface area contributed by atoms with Crippen LogP contribution in [0.15, 0.2) is 41.1 Å². The lowest BCUT2D eigenvalue weighted by Gasteiger charge is -2.29. The van der Waals surface area contributed by atoms with Crippen LogP contribution in [0.2, 0.25) is 0 Å². The molecule has 2 heterocycles. The van der Waals surface area contributed by atoms with Crippen LogP contribution in [0.5, 0.6) is 0 Å². The Hall–Kier alpha value is -1.74. The van der Waals surface area contributed by atoms with Gasteiger partial charge >= 0.3 is 0 Å². The molecule has 0 bridgehead atoms. The summed E-state index contributed by atoms with van der Waals surface area (Å²) in [6, 6.07) is 8.51. The third-order valence-corrected chi connectivity index (χ3v) is 4.73. The molecule has 2 unspecified atom stereocenters. The summed E-state index contributed by atoms with van der Waals surface area (Å²) in [5, 5.41) is 12.7. The first kappa shape index (κ1) is 18.1. The molecule has 0 saturated carbocycles. The predicted octanol–water partition coefficient (Wildman–Crippen LogP) is 2.09. The maximum Gasteiger partial charge on any atom is 0.245 e. The standard InChI is InChI=1S/C17H21BrN4O3/c1-25-17(24)21-14(11-6-3-2-4-7-11)16(23)22-9-5-8-12(22)15-19-10-13(18)20-15/h2-4,6-7,10,12,14,17,21,24H,5,8-9H2,1H3,(H,19,20)/t12?,14-,17?/m1/s1. The monoisotopic (exact) mass is 408 g/mol. The number of methoxy groups -OCH3 is 1. The molecule has 3 atom stereocenters. The van der Waals surface area contributed by atoms with Crippen molar-refractivity contribution in [3.8, 4) is 0 Å². The van der Waals surface area contributed by atoms with Crippen molar-refractivity contribution in [1.82, 2.24) is 20.2 Å². The molecule has 7 nitrogen and oxygen atoms in total. The van der Waals surface area contributed by atoms with Crippen molar-refractivity contribution in [1.29, 1.82) is 0 Å². The second-order valence-electron chi connectivity index (χ2n) is 5.90. The fraction of sp³-hybridized carbons (Fsp3) is 0.412. The second kappa shape index (κ2) is 8.09. The SMILES string of the molecule is COC(O)N[C@@H](C(=O)N1CCCC1c1ncc(Br)[nH]1)c1ccccc1. The molecule has 8 heteroatoms. The molecule has 1 aliphatic rings. The number of aromatic amines is 1. The van der Waals surface area contributed by atoms with Gasteiger partial charge in [-0.3, -0.25) is 10.1 Å². The second-order valence-corrected chi connectivity index (χ2v) is 6.76. The highest BCUT2D eigenvalue weighted by Crippen LogP contribution is 2.33. The van der Waals surface area contributed by atoms with Crippen LogP contribution in [0.25, 0.3) is 0 Å². The van der Waals surface area contributed by atoms with Crippen molar-refractivity contribution >= 4 is 21.8 Å². The van der Waals surface area contributed by atoms with Crippen molar-refractivity contribution < 1.29 is 14.6 Å². The third-order valence-electron chi connectivity index (χ3n) is 4.33. The van der Waals surface area contributed by atoms with Crippen LogP contribution in [-0.4, -0.2) is 46.0 Å². The van der Waals surface area contributed by atoms with Crippen LogP contribution >= 0.6 is 15.9 Å². The number of carbonyl (C=O) groups is 1. The summed E-state index contributed by atoms with van der Waals surface area (Å²) in [7, 11) is 1.38. The average molecular weight is 409 g/mol. The molecule has 3 rings (SSSR count). The van der Waals surface area contributed by atoms with Gasteiger partial charge in [-0.05, 0) is 34.3 Å². The molecule has 0 aliphatic carbocycles. The van der Waals surface area contributed by atoms with Gasteiger partial charge in [-0.25, -0.2) is 4.98 Å². The molecule has 134 valence electrons. The molecule has 25 heavy (non-hydrogen) atoms. The highest BCUT2D eigenvalue weighted by molar-refractivity contribution is 9.10. The van der Waals surface area contributed by atoms with E-state index in [1.807, 2.05) is 30.3 Å². The summed E-state index contributed by atoms with van der Waals surface area (Å²) in [5.74, 6) is 0.647. The fourth-order valence-corrected chi connectivity index (χ4v) is 3.43. The normalized spacial score (nSPS) is 19.8. The van der Waals surface area contributed by atoms with Crippen LogP contribution in [0.4, 0.5) is 0 Å². The molecule has 3 N–H and O–H groups in total. The number of aromatic nitrogens is 2. The Balaban J connectivity index is 1.85. The molecule has 1 aromatic heterocycles. The van der Waals surface area contributed by atoms with Crippen molar-refractivity contribution in [2.75, 3.05) is 13.7 Å². The van der Waals surface area contributed by atoms with E-state index in [1.165, 1.54) is 7.11 Å². The van der Waals surface area contributed by atoms with Gasteiger partial charge < -0.3 is 19.7 Å². The van der Waals surface area contributed by atoms with Gasteiger partial charge in [-0.1, -0.05) is 30.3 Å². The van der Waals surface area contributed by atoms with E-state index in [0.717, 1.165) is 28.8 Å².